The number of furan rings is 1. The van der Waals surface area contributed by atoms with Crippen LogP contribution in [0.2, 0.25) is 0 Å². The molecule has 2 aromatic carbocycles. The van der Waals surface area contributed by atoms with Crippen molar-refractivity contribution in [3.8, 4) is 28.5 Å². The predicted octanol–water partition coefficient (Wildman–Crippen LogP) is 4.44. The van der Waals surface area contributed by atoms with Crippen LogP contribution in [0.4, 0.5) is 0 Å². The number of aromatic amines is 1. The summed E-state index contributed by atoms with van der Waals surface area (Å²) in [5.41, 5.74) is 3.65. The highest BCUT2D eigenvalue weighted by Gasteiger charge is 2.43. The Balaban J connectivity index is 1.67. The fourth-order valence-electron chi connectivity index (χ4n) is 4.27. The van der Waals surface area contributed by atoms with E-state index in [4.69, 9.17) is 18.6 Å². The van der Waals surface area contributed by atoms with Crippen LogP contribution in [0.5, 0.6) is 17.2 Å². The number of nitrogens with one attached hydrogen (secondary N) is 1. The summed E-state index contributed by atoms with van der Waals surface area (Å²) in [5, 5.41) is 7.47. The van der Waals surface area contributed by atoms with Gasteiger partial charge in [-0.25, -0.2) is 0 Å². The summed E-state index contributed by atoms with van der Waals surface area (Å²) in [6.07, 6.45) is 1.60. The number of aromatic nitrogens is 2. The van der Waals surface area contributed by atoms with Crippen molar-refractivity contribution in [1.82, 2.24) is 15.1 Å². The number of methoxy groups -OCH3 is 3. The van der Waals surface area contributed by atoms with E-state index in [0.717, 1.165) is 22.4 Å². The van der Waals surface area contributed by atoms with E-state index in [1.54, 1.807) is 32.5 Å². The van der Waals surface area contributed by atoms with E-state index in [1.165, 1.54) is 0 Å². The fourth-order valence-corrected chi connectivity index (χ4v) is 4.27. The number of carbonyl (C=O) groups excluding carboxylic acids is 1. The molecule has 0 saturated carbocycles. The third-order valence-electron chi connectivity index (χ3n) is 5.87. The van der Waals surface area contributed by atoms with Gasteiger partial charge < -0.3 is 23.5 Å². The van der Waals surface area contributed by atoms with E-state index in [2.05, 4.69) is 10.2 Å². The van der Waals surface area contributed by atoms with Crippen molar-refractivity contribution < 1.29 is 23.4 Å². The zero-order valence-electron chi connectivity index (χ0n) is 18.5. The first kappa shape index (κ1) is 20.7. The second kappa shape index (κ2) is 8.38. The minimum absolute atomic E-state index is 0.156. The van der Waals surface area contributed by atoms with Crippen LogP contribution in [0.25, 0.3) is 11.3 Å². The molecule has 0 spiro atoms. The van der Waals surface area contributed by atoms with E-state index >= 15 is 0 Å². The Morgan fingerprint density at radius 1 is 1.00 bits per heavy atom. The number of hydrogen-bond donors (Lipinski definition) is 1. The van der Waals surface area contributed by atoms with Crippen molar-refractivity contribution in [2.24, 2.45) is 0 Å². The second-order valence-corrected chi connectivity index (χ2v) is 7.61. The first-order chi connectivity index (χ1) is 16.1. The molecule has 168 valence electrons. The molecule has 4 aromatic rings. The van der Waals surface area contributed by atoms with Gasteiger partial charge in [-0.2, -0.15) is 5.10 Å². The van der Waals surface area contributed by atoms with Crippen LogP contribution in [0.15, 0.2) is 65.3 Å². The van der Waals surface area contributed by atoms with Crippen LogP contribution in [0.3, 0.4) is 0 Å². The topological polar surface area (TPSA) is 89.8 Å². The molecular weight excluding hydrogens is 422 g/mol. The van der Waals surface area contributed by atoms with Crippen molar-refractivity contribution >= 4 is 5.91 Å². The van der Waals surface area contributed by atoms with E-state index in [0.29, 0.717) is 35.2 Å². The molecule has 0 bridgehead atoms. The predicted molar refractivity (Wildman–Crippen MR) is 121 cm³/mol. The average Bonchev–Trinajstić information content (AvgIpc) is 3.58. The van der Waals surface area contributed by atoms with Crippen molar-refractivity contribution in [1.29, 1.82) is 0 Å². The highest BCUT2D eigenvalue weighted by molar-refractivity contribution is 6.00. The number of fused-ring (bicyclic) bond motifs is 1. The molecule has 1 aliphatic rings. The monoisotopic (exact) mass is 445 g/mol. The molecule has 1 unspecified atom stereocenters. The Kier molecular flexibility index (Phi) is 5.26. The lowest BCUT2D eigenvalue weighted by molar-refractivity contribution is 0.0715. The van der Waals surface area contributed by atoms with Gasteiger partial charge in [0.25, 0.3) is 5.91 Å². The summed E-state index contributed by atoms with van der Waals surface area (Å²) in [6.45, 7) is 0.302. The lowest BCUT2D eigenvalue weighted by Gasteiger charge is -2.27. The largest absolute Gasteiger partial charge is 0.497 e. The lowest BCUT2D eigenvalue weighted by atomic mass is 9.95. The maximum absolute atomic E-state index is 13.5. The average molecular weight is 445 g/mol. The summed E-state index contributed by atoms with van der Waals surface area (Å²) in [6, 6.07) is 16.4. The van der Waals surface area contributed by atoms with Gasteiger partial charge in [0, 0.05) is 22.8 Å². The Labute approximate surface area is 190 Å². The van der Waals surface area contributed by atoms with Gasteiger partial charge in [0.05, 0.1) is 45.9 Å². The number of ether oxygens (including phenoxy) is 3. The molecule has 0 fully saturated rings. The number of benzene rings is 2. The highest BCUT2D eigenvalue weighted by Crippen LogP contribution is 2.46. The molecule has 1 N–H and O–H groups in total. The third kappa shape index (κ3) is 3.49. The van der Waals surface area contributed by atoms with Crippen LogP contribution >= 0.6 is 0 Å². The molecule has 1 atom stereocenters. The van der Waals surface area contributed by atoms with Crippen LogP contribution in [0, 0.1) is 0 Å². The molecule has 3 heterocycles. The molecule has 2 aromatic heterocycles. The molecule has 8 nitrogen and oxygen atoms in total. The highest BCUT2D eigenvalue weighted by atomic mass is 16.5. The van der Waals surface area contributed by atoms with Gasteiger partial charge in [-0.1, -0.05) is 0 Å². The fraction of sp³-hybridized carbons (Fsp3) is 0.200. The molecule has 33 heavy (non-hydrogen) atoms. The van der Waals surface area contributed by atoms with Gasteiger partial charge in [0.1, 0.15) is 28.7 Å². The molecule has 0 saturated heterocycles. The van der Waals surface area contributed by atoms with Crippen molar-refractivity contribution in [2.75, 3.05) is 21.3 Å². The van der Waals surface area contributed by atoms with Crippen molar-refractivity contribution in [2.45, 2.75) is 12.6 Å². The molecule has 0 radical (unpaired) electrons. The lowest BCUT2D eigenvalue weighted by Crippen LogP contribution is -2.29. The number of amides is 1. The molecule has 1 amide bonds. The first-order valence-corrected chi connectivity index (χ1v) is 10.4. The normalized spacial score (nSPS) is 14.9. The quantitative estimate of drug-likeness (QED) is 0.452. The van der Waals surface area contributed by atoms with E-state index < -0.39 is 6.04 Å². The zero-order chi connectivity index (χ0) is 22.9. The smallest absolute Gasteiger partial charge is 0.273 e. The summed E-state index contributed by atoms with van der Waals surface area (Å²) in [5.74, 6) is 2.56. The van der Waals surface area contributed by atoms with Gasteiger partial charge in [0.15, 0.2) is 0 Å². The number of H-pyrrole nitrogens is 1. The van der Waals surface area contributed by atoms with Crippen LogP contribution < -0.4 is 14.2 Å². The SMILES string of the molecule is COc1ccc(-c2n[nH]c3c2C(c2ccc(OC)cc2OC)N(Cc2ccco2)C3=O)cc1. The van der Waals surface area contributed by atoms with Gasteiger partial charge >= 0.3 is 0 Å². The summed E-state index contributed by atoms with van der Waals surface area (Å²) < 4.78 is 21.9. The molecule has 5 rings (SSSR count). The van der Waals surface area contributed by atoms with Crippen LogP contribution in [-0.4, -0.2) is 42.3 Å². The number of nitrogens with zero attached hydrogens (tertiary/aromatic N) is 2. The number of rotatable bonds is 7. The van der Waals surface area contributed by atoms with Gasteiger partial charge in [-0.3, -0.25) is 9.89 Å². The minimum Gasteiger partial charge on any atom is -0.497 e. The maximum atomic E-state index is 13.5. The summed E-state index contributed by atoms with van der Waals surface area (Å²) in [7, 11) is 4.83. The Hall–Kier alpha value is -4.20. The van der Waals surface area contributed by atoms with E-state index in [-0.39, 0.29) is 5.91 Å². The van der Waals surface area contributed by atoms with E-state index in [9.17, 15) is 4.79 Å². The Morgan fingerprint density at radius 3 is 2.42 bits per heavy atom. The minimum atomic E-state index is -0.436. The first-order valence-electron chi connectivity index (χ1n) is 10.4. The van der Waals surface area contributed by atoms with Crippen molar-refractivity contribution in [3.63, 3.8) is 0 Å². The number of hydrogen-bond acceptors (Lipinski definition) is 6. The van der Waals surface area contributed by atoms with Crippen LogP contribution in [0.1, 0.15) is 33.4 Å². The molecule has 0 aliphatic carbocycles. The van der Waals surface area contributed by atoms with Gasteiger partial charge in [-0.15, -0.1) is 0 Å². The second-order valence-electron chi connectivity index (χ2n) is 7.61. The zero-order valence-corrected chi connectivity index (χ0v) is 18.5. The molecule has 1 aliphatic heterocycles. The summed E-state index contributed by atoms with van der Waals surface area (Å²) in [4.78, 5) is 15.3. The van der Waals surface area contributed by atoms with E-state index in [1.807, 2.05) is 54.6 Å². The van der Waals surface area contributed by atoms with Gasteiger partial charge in [-0.05, 0) is 48.5 Å². The number of carbonyl (C=O) groups is 1. The summed E-state index contributed by atoms with van der Waals surface area (Å²) >= 11 is 0. The standard InChI is InChI=1S/C25H23N3O5/c1-30-16-8-6-15(7-9-16)22-21-23(27-26-22)25(29)28(14-18-5-4-12-33-18)24(21)19-11-10-17(31-2)13-20(19)32-3/h4-13,24H,14H2,1-3H3,(H,26,27). The van der Waals surface area contributed by atoms with Gasteiger partial charge in [0.2, 0.25) is 0 Å². The molecular formula is C25H23N3O5. The van der Waals surface area contributed by atoms with Crippen LogP contribution in [-0.2, 0) is 6.54 Å². The molecule has 8 heteroatoms. The third-order valence-corrected chi connectivity index (χ3v) is 5.87. The maximum Gasteiger partial charge on any atom is 0.273 e. The Bertz CT molecular complexity index is 1280. The van der Waals surface area contributed by atoms with Crippen molar-refractivity contribution in [3.05, 3.63) is 83.4 Å². The Morgan fingerprint density at radius 2 is 1.76 bits per heavy atom.